The van der Waals surface area contributed by atoms with Gasteiger partial charge in [0.15, 0.2) is 0 Å². The van der Waals surface area contributed by atoms with E-state index in [0.717, 1.165) is 41.5 Å². The fourth-order valence-corrected chi connectivity index (χ4v) is 3.07. The smallest absolute Gasteiger partial charge is 0.253 e. The van der Waals surface area contributed by atoms with Crippen molar-refractivity contribution < 1.29 is 4.79 Å². The van der Waals surface area contributed by atoms with Gasteiger partial charge >= 0.3 is 0 Å². The number of carbonyl (C=O) groups excluding carboxylic acids is 1. The molecule has 0 aliphatic heterocycles. The second-order valence-corrected chi connectivity index (χ2v) is 6.64. The van der Waals surface area contributed by atoms with E-state index in [2.05, 4.69) is 29.8 Å². The molecule has 0 N–H and O–H groups in total. The quantitative estimate of drug-likeness (QED) is 0.530. The molecular weight excluding hydrogens is 326 g/mol. The number of rotatable bonds is 9. The Morgan fingerprint density at radius 1 is 1.00 bits per heavy atom. The summed E-state index contributed by atoms with van der Waals surface area (Å²) in [6.07, 6.45) is 6.95. The second kappa shape index (κ2) is 9.99. The minimum Gasteiger partial charge on any atom is -0.339 e. The van der Waals surface area contributed by atoms with Crippen molar-refractivity contribution in [3.05, 3.63) is 33.8 Å². The van der Waals surface area contributed by atoms with E-state index in [1.54, 1.807) is 0 Å². The zero-order valence-electron chi connectivity index (χ0n) is 13.6. The molecule has 0 heterocycles. The van der Waals surface area contributed by atoms with Crippen LogP contribution >= 0.6 is 15.9 Å². The molecule has 0 unspecified atom stereocenters. The van der Waals surface area contributed by atoms with Gasteiger partial charge in [0.25, 0.3) is 5.91 Å². The van der Waals surface area contributed by atoms with Crippen molar-refractivity contribution in [3.8, 4) is 0 Å². The van der Waals surface area contributed by atoms with E-state index in [4.69, 9.17) is 0 Å². The standard InChI is InChI=1S/C18H28BrNO/c1-4-6-8-10-20(11-9-7-5-2)18(21)16-12-15(3)13-17(19)14-16/h12-14H,4-11H2,1-3H3. The van der Waals surface area contributed by atoms with E-state index in [9.17, 15) is 4.79 Å². The summed E-state index contributed by atoms with van der Waals surface area (Å²) in [6.45, 7) is 8.17. The predicted molar refractivity (Wildman–Crippen MR) is 93.8 cm³/mol. The second-order valence-electron chi connectivity index (χ2n) is 5.72. The van der Waals surface area contributed by atoms with Gasteiger partial charge < -0.3 is 4.90 Å². The molecular formula is C18H28BrNO. The molecule has 0 spiro atoms. The molecule has 0 saturated heterocycles. The van der Waals surface area contributed by atoms with E-state index in [0.29, 0.717) is 0 Å². The summed E-state index contributed by atoms with van der Waals surface area (Å²) in [6, 6.07) is 5.96. The minimum absolute atomic E-state index is 0.173. The van der Waals surface area contributed by atoms with Gasteiger partial charge in [0.05, 0.1) is 0 Å². The molecule has 0 aromatic heterocycles. The van der Waals surface area contributed by atoms with Gasteiger partial charge in [-0.25, -0.2) is 0 Å². The van der Waals surface area contributed by atoms with E-state index < -0.39 is 0 Å². The van der Waals surface area contributed by atoms with Gasteiger partial charge in [0.2, 0.25) is 0 Å². The number of unbranched alkanes of at least 4 members (excludes halogenated alkanes) is 4. The highest BCUT2D eigenvalue weighted by molar-refractivity contribution is 9.10. The van der Waals surface area contributed by atoms with Crippen LogP contribution in [0.2, 0.25) is 0 Å². The lowest BCUT2D eigenvalue weighted by atomic mass is 10.1. The highest BCUT2D eigenvalue weighted by atomic mass is 79.9. The average Bonchev–Trinajstić information content (AvgIpc) is 2.44. The predicted octanol–water partition coefficient (Wildman–Crippen LogP) is 5.58. The highest BCUT2D eigenvalue weighted by Crippen LogP contribution is 2.17. The minimum atomic E-state index is 0.173. The van der Waals surface area contributed by atoms with Crippen molar-refractivity contribution in [2.24, 2.45) is 0 Å². The van der Waals surface area contributed by atoms with Crippen LogP contribution in [-0.4, -0.2) is 23.9 Å². The molecule has 1 rings (SSSR count). The topological polar surface area (TPSA) is 20.3 Å². The Hall–Kier alpha value is -0.830. The summed E-state index contributed by atoms with van der Waals surface area (Å²) in [5, 5.41) is 0. The fourth-order valence-electron chi connectivity index (χ4n) is 2.46. The monoisotopic (exact) mass is 353 g/mol. The molecule has 0 aliphatic rings. The highest BCUT2D eigenvalue weighted by Gasteiger charge is 2.15. The van der Waals surface area contributed by atoms with Gasteiger partial charge in [0, 0.05) is 23.1 Å². The molecule has 118 valence electrons. The summed E-state index contributed by atoms with van der Waals surface area (Å²) in [4.78, 5) is 14.8. The van der Waals surface area contributed by atoms with Crippen LogP contribution in [0.3, 0.4) is 0 Å². The van der Waals surface area contributed by atoms with Gasteiger partial charge in [-0.1, -0.05) is 55.5 Å². The van der Waals surface area contributed by atoms with E-state index >= 15 is 0 Å². The van der Waals surface area contributed by atoms with E-state index in [-0.39, 0.29) is 5.91 Å². The lowest BCUT2D eigenvalue weighted by molar-refractivity contribution is 0.0749. The van der Waals surface area contributed by atoms with Crippen LogP contribution in [0.15, 0.2) is 22.7 Å². The zero-order valence-corrected chi connectivity index (χ0v) is 15.2. The molecule has 1 amide bonds. The average molecular weight is 354 g/mol. The maximum atomic E-state index is 12.7. The number of aryl methyl sites for hydroxylation is 1. The molecule has 0 atom stereocenters. The lowest BCUT2D eigenvalue weighted by Gasteiger charge is -2.23. The summed E-state index contributed by atoms with van der Waals surface area (Å²) in [7, 11) is 0. The Bertz CT molecular complexity index is 415. The number of amides is 1. The Balaban J connectivity index is 2.76. The van der Waals surface area contributed by atoms with Crippen LogP contribution in [0, 0.1) is 6.92 Å². The Kier molecular flexibility index (Phi) is 8.67. The largest absolute Gasteiger partial charge is 0.339 e. The van der Waals surface area contributed by atoms with Gasteiger partial charge in [-0.2, -0.15) is 0 Å². The van der Waals surface area contributed by atoms with Crippen molar-refractivity contribution in [1.29, 1.82) is 0 Å². The third kappa shape index (κ3) is 6.64. The molecule has 1 aromatic carbocycles. The molecule has 0 aliphatic carbocycles. The maximum Gasteiger partial charge on any atom is 0.253 e. The first-order valence-corrected chi connectivity index (χ1v) is 8.94. The number of carbonyl (C=O) groups is 1. The van der Waals surface area contributed by atoms with E-state index in [1.165, 1.54) is 25.7 Å². The van der Waals surface area contributed by atoms with Gasteiger partial charge in [0.1, 0.15) is 0 Å². The van der Waals surface area contributed by atoms with Gasteiger partial charge in [-0.15, -0.1) is 0 Å². The summed E-state index contributed by atoms with van der Waals surface area (Å²) < 4.78 is 0.980. The van der Waals surface area contributed by atoms with Crippen molar-refractivity contribution in [3.63, 3.8) is 0 Å². The van der Waals surface area contributed by atoms with Crippen LogP contribution in [0.1, 0.15) is 68.3 Å². The van der Waals surface area contributed by atoms with Gasteiger partial charge in [-0.3, -0.25) is 4.79 Å². The lowest BCUT2D eigenvalue weighted by Crippen LogP contribution is -2.33. The van der Waals surface area contributed by atoms with Crippen LogP contribution in [0.25, 0.3) is 0 Å². The number of hydrogen-bond donors (Lipinski definition) is 0. The third-order valence-corrected chi connectivity index (χ3v) is 4.10. The SMILES string of the molecule is CCCCCN(CCCCC)C(=O)c1cc(C)cc(Br)c1. The van der Waals surface area contributed by atoms with Crippen molar-refractivity contribution in [2.45, 2.75) is 59.3 Å². The van der Waals surface area contributed by atoms with Crippen LogP contribution in [-0.2, 0) is 0 Å². The molecule has 21 heavy (non-hydrogen) atoms. The number of hydrogen-bond acceptors (Lipinski definition) is 1. The molecule has 1 aromatic rings. The number of nitrogens with zero attached hydrogens (tertiary/aromatic N) is 1. The normalized spacial score (nSPS) is 10.7. The van der Waals surface area contributed by atoms with Crippen LogP contribution in [0.5, 0.6) is 0 Å². The number of benzene rings is 1. The molecule has 0 saturated carbocycles. The van der Waals surface area contributed by atoms with E-state index in [1.807, 2.05) is 30.0 Å². The number of halogens is 1. The molecule has 3 heteroatoms. The van der Waals surface area contributed by atoms with Crippen molar-refractivity contribution >= 4 is 21.8 Å². The summed E-state index contributed by atoms with van der Waals surface area (Å²) >= 11 is 3.49. The third-order valence-electron chi connectivity index (χ3n) is 3.64. The Morgan fingerprint density at radius 3 is 2.05 bits per heavy atom. The maximum absolute atomic E-state index is 12.7. The summed E-state index contributed by atoms with van der Waals surface area (Å²) in [5.41, 5.74) is 1.92. The van der Waals surface area contributed by atoms with Gasteiger partial charge in [-0.05, 0) is 43.5 Å². The first-order chi connectivity index (χ1) is 10.1. The Labute approximate surface area is 138 Å². The first kappa shape index (κ1) is 18.2. The van der Waals surface area contributed by atoms with Crippen LogP contribution < -0.4 is 0 Å². The molecule has 0 radical (unpaired) electrons. The summed E-state index contributed by atoms with van der Waals surface area (Å²) in [5.74, 6) is 0.173. The van der Waals surface area contributed by atoms with Crippen molar-refractivity contribution in [2.75, 3.05) is 13.1 Å². The van der Waals surface area contributed by atoms with Crippen LogP contribution in [0.4, 0.5) is 0 Å². The molecule has 2 nitrogen and oxygen atoms in total. The van der Waals surface area contributed by atoms with Crippen molar-refractivity contribution in [1.82, 2.24) is 4.90 Å². The zero-order chi connectivity index (χ0) is 15.7. The fraction of sp³-hybridized carbons (Fsp3) is 0.611. The Morgan fingerprint density at radius 2 is 1.57 bits per heavy atom. The molecule has 0 bridgehead atoms. The first-order valence-electron chi connectivity index (χ1n) is 8.15. The molecule has 0 fully saturated rings.